The summed E-state index contributed by atoms with van der Waals surface area (Å²) in [6.07, 6.45) is 1.69. The number of oxazole rings is 1. The van der Waals surface area contributed by atoms with Gasteiger partial charge in [-0.15, -0.1) is 0 Å². The van der Waals surface area contributed by atoms with E-state index in [0.29, 0.717) is 11.5 Å². The van der Waals surface area contributed by atoms with Gasteiger partial charge in [-0.25, -0.2) is 4.98 Å². The zero-order valence-corrected chi connectivity index (χ0v) is 15.0. The Hall–Kier alpha value is -2.53. The first-order chi connectivity index (χ1) is 12.2. The van der Waals surface area contributed by atoms with Crippen LogP contribution in [0.2, 0.25) is 0 Å². The number of rotatable bonds is 7. The molecule has 1 heterocycles. The van der Waals surface area contributed by atoms with Crippen molar-refractivity contribution in [3.63, 3.8) is 0 Å². The Morgan fingerprint density at radius 1 is 1.16 bits per heavy atom. The highest BCUT2D eigenvalue weighted by Crippen LogP contribution is 2.27. The van der Waals surface area contributed by atoms with E-state index in [1.807, 2.05) is 42.5 Å². The standard InChI is InChI=1S/C20H19NO3S/c1-14(22)16-8-9-19(23-2)17(10-16)12-25-13-18-11-24-20(21-18)15-6-4-3-5-7-15/h3-11H,12-13H2,1-2H3. The van der Waals surface area contributed by atoms with Crippen LogP contribution in [0.15, 0.2) is 59.2 Å². The first kappa shape index (κ1) is 17.3. The van der Waals surface area contributed by atoms with E-state index in [4.69, 9.17) is 9.15 Å². The van der Waals surface area contributed by atoms with Crippen LogP contribution in [0.4, 0.5) is 0 Å². The average Bonchev–Trinajstić information content (AvgIpc) is 3.11. The Morgan fingerprint density at radius 2 is 1.96 bits per heavy atom. The zero-order chi connectivity index (χ0) is 17.6. The predicted molar refractivity (Wildman–Crippen MR) is 99.9 cm³/mol. The molecule has 2 aromatic carbocycles. The van der Waals surface area contributed by atoms with Crippen LogP contribution in [0.25, 0.3) is 11.5 Å². The van der Waals surface area contributed by atoms with Crippen LogP contribution < -0.4 is 4.74 Å². The molecule has 0 amide bonds. The van der Waals surface area contributed by atoms with Gasteiger partial charge in [-0.1, -0.05) is 18.2 Å². The Kier molecular flexibility index (Phi) is 5.56. The summed E-state index contributed by atoms with van der Waals surface area (Å²) in [6.45, 7) is 1.57. The summed E-state index contributed by atoms with van der Waals surface area (Å²) < 4.78 is 10.9. The van der Waals surface area contributed by atoms with Gasteiger partial charge in [0.2, 0.25) is 5.89 Å². The van der Waals surface area contributed by atoms with E-state index in [1.54, 1.807) is 38.1 Å². The number of hydrogen-bond acceptors (Lipinski definition) is 5. The lowest BCUT2D eigenvalue weighted by Gasteiger charge is -2.09. The molecule has 4 nitrogen and oxygen atoms in total. The number of hydrogen-bond donors (Lipinski definition) is 0. The van der Waals surface area contributed by atoms with Crippen molar-refractivity contribution in [1.29, 1.82) is 0 Å². The minimum atomic E-state index is 0.0536. The van der Waals surface area contributed by atoms with Crippen LogP contribution in [0, 0.1) is 0 Å². The van der Waals surface area contributed by atoms with Crippen LogP contribution >= 0.6 is 11.8 Å². The molecule has 3 rings (SSSR count). The molecule has 0 aliphatic heterocycles. The van der Waals surface area contributed by atoms with E-state index < -0.39 is 0 Å². The molecule has 0 saturated heterocycles. The molecule has 0 atom stereocenters. The van der Waals surface area contributed by atoms with Crippen molar-refractivity contribution < 1.29 is 13.9 Å². The molecule has 128 valence electrons. The summed E-state index contributed by atoms with van der Waals surface area (Å²) in [5.41, 5.74) is 3.57. The summed E-state index contributed by atoms with van der Waals surface area (Å²) >= 11 is 1.70. The van der Waals surface area contributed by atoms with Crippen LogP contribution in [-0.2, 0) is 11.5 Å². The number of Topliss-reactive ketones (excluding diaryl/α,β-unsaturated/α-hetero) is 1. The molecule has 1 aromatic heterocycles. The molecule has 3 aromatic rings. The minimum Gasteiger partial charge on any atom is -0.496 e. The smallest absolute Gasteiger partial charge is 0.226 e. The molecule has 0 aliphatic rings. The van der Waals surface area contributed by atoms with Gasteiger partial charge in [-0.05, 0) is 37.3 Å². The van der Waals surface area contributed by atoms with Crippen molar-refractivity contribution in [2.75, 3.05) is 7.11 Å². The van der Waals surface area contributed by atoms with Crippen LogP contribution in [0.1, 0.15) is 28.5 Å². The second-order valence-corrected chi connectivity index (χ2v) is 6.57. The topological polar surface area (TPSA) is 52.3 Å². The lowest BCUT2D eigenvalue weighted by Crippen LogP contribution is -1.97. The number of carbonyl (C=O) groups excluding carboxylic acids is 1. The lowest BCUT2D eigenvalue weighted by atomic mass is 10.1. The highest BCUT2D eigenvalue weighted by Gasteiger charge is 2.10. The molecule has 0 aliphatic carbocycles. The van der Waals surface area contributed by atoms with Crippen molar-refractivity contribution in [2.45, 2.75) is 18.4 Å². The molecular weight excluding hydrogens is 334 g/mol. The van der Waals surface area contributed by atoms with E-state index in [-0.39, 0.29) is 5.78 Å². The van der Waals surface area contributed by atoms with Crippen molar-refractivity contribution in [1.82, 2.24) is 4.98 Å². The van der Waals surface area contributed by atoms with Crippen LogP contribution in [0.5, 0.6) is 5.75 Å². The van der Waals surface area contributed by atoms with Crippen molar-refractivity contribution in [3.8, 4) is 17.2 Å². The molecule has 0 unspecified atom stereocenters. The third-order valence-electron chi connectivity index (χ3n) is 3.77. The van der Waals surface area contributed by atoms with Gasteiger partial charge < -0.3 is 9.15 Å². The molecule has 25 heavy (non-hydrogen) atoms. The van der Waals surface area contributed by atoms with E-state index in [2.05, 4.69) is 4.98 Å². The number of nitrogens with zero attached hydrogens (tertiary/aromatic N) is 1. The number of thioether (sulfide) groups is 1. The first-order valence-electron chi connectivity index (χ1n) is 7.93. The zero-order valence-electron chi connectivity index (χ0n) is 14.2. The third kappa shape index (κ3) is 4.31. The Bertz CT molecular complexity index is 858. The normalized spacial score (nSPS) is 10.6. The van der Waals surface area contributed by atoms with E-state index in [9.17, 15) is 4.79 Å². The van der Waals surface area contributed by atoms with E-state index in [1.165, 1.54) is 0 Å². The number of aromatic nitrogens is 1. The maximum atomic E-state index is 11.6. The Morgan fingerprint density at radius 3 is 2.68 bits per heavy atom. The van der Waals surface area contributed by atoms with Gasteiger partial charge in [0.05, 0.1) is 12.8 Å². The molecule has 0 N–H and O–H groups in total. The molecule has 0 fully saturated rings. The minimum absolute atomic E-state index is 0.0536. The van der Waals surface area contributed by atoms with Crippen molar-refractivity contribution in [2.24, 2.45) is 0 Å². The van der Waals surface area contributed by atoms with Gasteiger partial charge in [0.15, 0.2) is 5.78 Å². The van der Waals surface area contributed by atoms with E-state index >= 15 is 0 Å². The quantitative estimate of drug-likeness (QED) is 0.560. The SMILES string of the molecule is COc1ccc(C(C)=O)cc1CSCc1coc(-c2ccccc2)n1. The fourth-order valence-corrected chi connectivity index (χ4v) is 3.35. The van der Waals surface area contributed by atoms with Gasteiger partial charge in [-0.2, -0.15) is 11.8 Å². The van der Waals surface area contributed by atoms with Gasteiger partial charge in [0, 0.05) is 28.2 Å². The van der Waals surface area contributed by atoms with Gasteiger partial charge in [0.25, 0.3) is 0 Å². The van der Waals surface area contributed by atoms with Crippen LogP contribution in [-0.4, -0.2) is 17.9 Å². The average molecular weight is 353 g/mol. The number of benzene rings is 2. The lowest BCUT2D eigenvalue weighted by molar-refractivity contribution is 0.101. The third-order valence-corrected chi connectivity index (χ3v) is 4.78. The Labute approximate surface area is 151 Å². The second-order valence-electron chi connectivity index (χ2n) is 5.59. The molecule has 0 radical (unpaired) electrons. The van der Waals surface area contributed by atoms with Gasteiger partial charge in [-0.3, -0.25) is 4.79 Å². The highest BCUT2D eigenvalue weighted by molar-refractivity contribution is 7.97. The van der Waals surface area contributed by atoms with Crippen LogP contribution in [0.3, 0.4) is 0 Å². The summed E-state index contributed by atoms with van der Waals surface area (Å²) in [5, 5.41) is 0. The fraction of sp³-hybridized carbons (Fsp3) is 0.200. The molecule has 0 saturated carbocycles. The maximum Gasteiger partial charge on any atom is 0.226 e. The monoisotopic (exact) mass is 353 g/mol. The largest absolute Gasteiger partial charge is 0.496 e. The maximum absolute atomic E-state index is 11.6. The Balaban J connectivity index is 1.64. The molecule has 0 spiro atoms. The summed E-state index contributed by atoms with van der Waals surface area (Å²) in [5.74, 6) is 2.94. The molecular formula is C20H19NO3S. The predicted octanol–water partition coefficient (Wildman–Crippen LogP) is 4.99. The summed E-state index contributed by atoms with van der Waals surface area (Å²) in [4.78, 5) is 16.1. The number of ketones is 1. The summed E-state index contributed by atoms with van der Waals surface area (Å²) in [7, 11) is 1.64. The number of carbonyl (C=O) groups is 1. The van der Waals surface area contributed by atoms with Crippen molar-refractivity contribution in [3.05, 3.63) is 71.6 Å². The number of ether oxygens (including phenoxy) is 1. The molecule has 5 heteroatoms. The van der Waals surface area contributed by atoms with Crippen molar-refractivity contribution >= 4 is 17.5 Å². The van der Waals surface area contributed by atoms with Gasteiger partial charge >= 0.3 is 0 Å². The first-order valence-corrected chi connectivity index (χ1v) is 9.08. The summed E-state index contributed by atoms with van der Waals surface area (Å²) in [6, 6.07) is 15.4. The highest BCUT2D eigenvalue weighted by atomic mass is 32.2. The van der Waals surface area contributed by atoms with E-state index in [0.717, 1.165) is 34.1 Å². The van der Waals surface area contributed by atoms with Gasteiger partial charge in [0.1, 0.15) is 12.0 Å². The molecule has 0 bridgehead atoms. The number of methoxy groups -OCH3 is 1. The second kappa shape index (κ2) is 8.03. The fourth-order valence-electron chi connectivity index (χ4n) is 2.46.